The van der Waals surface area contributed by atoms with Gasteiger partial charge in [0.25, 0.3) is 0 Å². The summed E-state index contributed by atoms with van der Waals surface area (Å²) in [6.45, 7) is 6.67. The molecule has 2 aromatic rings. The summed E-state index contributed by atoms with van der Waals surface area (Å²) in [5, 5.41) is 15.4. The Labute approximate surface area is 149 Å². The van der Waals surface area contributed by atoms with Crippen LogP contribution in [0.5, 0.6) is 0 Å². The topological polar surface area (TPSA) is 67.6 Å². The van der Waals surface area contributed by atoms with Crippen molar-refractivity contribution >= 4 is 32.9 Å². The van der Waals surface area contributed by atoms with E-state index in [-0.39, 0.29) is 18.7 Å². The number of halogens is 1. The van der Waals surface area contributed by atoms with Crippen molar-refractivity contribution < 1.29 is 14.6 Å². The maximum Gasteiger partial charge on any atom is 0.410 e. The predicted octanol–water partition coefficient (Wildman–Crippen LogP) is 3.47. The number of aliphatic hydroxyl groups is 1. The molecular formula is C17H22BrN3O3. The highest BCUT2D eigenvalue weighted by molar-refractivity contribution is 9.10. The maximum absolute atomic E-state index is 12.2. The Morgan fingerprint density at radius 3 is 2.88 bits per heavy atom. The maximum atomic E-state index is 12.2. The number of ether oxygens (including phenoxy) is 1. The van der Waals surface area contributed by atoms with Crippen LogP contribution in [0.2, 0.25) is 0 Å². The van der Waals surface area contributed by atoms with E-state index in [1.807, 2.05) is 43.7 Å². The van der Waals surface area contributed by atoms with Crippen molar-refractivity contribution in [2.24, 2.45) is 0 Å². The summed E-state index contributed by atoms with van der Waals surface area (Å²) in [6.07, 6.45) is 0.497. The van der Waals surface area contributed by atoms with E-state index in [1.165, 1.54) is 0 Å². The molecule has 7 heteroatoms. The van der Waals surface area contributed by atoms with Crippen molar-refractivity contribution in [3.63, 3.8) is 0 Å². The van der Waals surface area contributed by atoms with Gasteiger partial charge in [-0.15, -0.1) is 0 Å². The van der Waals surface area contributed by atoms with E-state index < -0.39 is 5.60 Å². The number of aromatic nitrogens is 2. The van der Waals surface area contributed by atoms with E-state index >= 15 is 0 Å². The normalized spacial score (nSPS) is 18.4. The van der Waals surface area contributed by atoms with Crippen LogP contribution in [0.3, 0.4) is 0 Å². The van der Waals surface area contributed by atoms with Crippen LogP contribution in [0.25, 0.3) is 10.9 Å². The highest BCUT2D eigenvalue weighted by Crippen LogP contribution is 2.29. The molecule has 0 bridgehead atoms. The van der Waals surface area contributed by atoms with Crippen molar-refractivity contribution in [3.05, 3.63) is 28.4 Å². The van der Waals surface area contributed by atoms with E-state index in [4.69, 9.17) is 4.74 Å². The fourth-order valence-corrected chi connectivity index (χ4v) is 3.38. The van der Waals surface area contributed by atoms with Crippen LogP contribution in [0.15, 0.2) is 22.7 Å². The number of likely N-dealkylation sites (tertiary alicyclic amines) is 1. The Morgan fingerprint density at radius 2 is 2.21 bits per heavy atom. The summed E-state index contributed by atoms with van der Waals surface area (Å²) < 4.78 is 8.25. The minimum absolute atomic E-state index is 0.0471. The third-order valence-corrected chi connectivity index (χ3v) is 4.57. The minimum Gasteiger partial charge on any atom is -0.444 e. The number of fused-ring (bicyclic) bond motifs is 1. The van der Waals surface area contributed by atoms with Crippen molar-refractivity contribution in [1.82, 2.24) is 14.7 Å². The smallest absolute Gasteiger partial charge is 0.410 e. The van der Waals surface area contributed by atoms with Crippen molar-refractivity contribution in [2.75, 3.05) is 13.1 Å². The van der Waals surface area contributed by atoms with Gasteiger partial charge < -0.3 is 14.7 Å². The van der Waals surface area contributed by atoms with Crippen molar-refractivity contribution in [1.29, 1.82) is 0 Å². The zero-order valence-electron chi connectivity index (χ0n) is 14.1. The molecule has 1 saturated heterocycles. The molecule has 24 heavy (non-hydrogen) atoms. The van der Waals surface area contributed by atoms with Crippen LogP contribution in [0, 0.1) is 0 Å². The number of carbonyl (C=O) groups excluding carboxylic acids is 1. The van der Waals surface area contributed by atoms with Gasteiger partial charge >= 0.3 is 6.09 Å². The molecule has 130 valence electrons. The highest BCUT2D eigenvalue weighted by atomic mass is 79.9. The molecule has 1 aliphatic heterocycles. The minimum atomic E-state index is -0.502. The lowest BCUT2D eigenvalue weighted by molar-refractivity contribution is 0.0288. The number of carbonyl (C=O) groups is 1. The van der Waals surface area contributed by atoms with Gasteiger partial charge in [0, 0.05) is 22.9 Å². The van der Waals surface area contributed by atoms with Gasteiger partial charge in [0.15, 0.2) is 0 Å². The number of hydrogen-bond acceptors (Lipinski definition) is 4. The Bertz CT molecular complexity index is 766. The second kappa shape index (κ2) is 6.37. The fourth-order valence-electron chi connectivity index (χ4n) is 3.02. The Kier molecular flexibility index (Phi) is 4.57. The van der Waals surface area contributed by atoms with Crippen LogP contribution < -0.4 is 0 Å². The average molecular weight is 396 g/mol. The molecular weight excluding hydrogens is 374 g/mol. The molecule has 3 rings (SSSR count). The summed E-state index contributed by atoms with van der Waals surface area (Å²) in [4.78, 5) is 13.9. The lowest BCUT2D eigenvalue weighted by Crippen LogP contribution is -2.35. The summed E-state index contributed by atoms with van der Waals surface area (Å²) in [5.74, 6) is 0. The zero-order chi connectivity index (χ0) is 17.5. The molecule has 1 atom stereocenters. The van der Waals surface area contributed by atoms with Crippen molar-refractivity contribution in [3.8, 4) is 0 Å². The molecule has 0 radical (unpaired) electrons. The quantitative estimate of drug-likeness (QED) is 0.844. The molecule has 0 saturated carbocycles. The fraction of sp³-hybridized carbons (Fsp3) is 0.529. The molecule has 0 spiro atoms. The first-order valence-corrected chi connectivity index (χ1v) is 8.83. The van der Waals surface area contributed by atoms with Gasteiger partial charge in [0.05, 0.1) is 23.9 Å². The van der Waals surface area contributed by atoms with E-state index in [1.54, 1.807) is 4.90 Å². The van der Waals surface area contributed by atoms with Crippen molar-refractivity contribution in [2.45, 2.75) is 45.4 Å². The Balaban J connectivity index is 1.83. The van der Waals surface area contributed by atoms with Gasteiger partial charge in [-0.05, 0) is 45.4 Å². The third kappa shape index (κ3) is 3.42. The SMILES string of the molecule is CC(C)(C)OC(=O)N1CCC(n2nc3ccc(Br)cc3c2CO)C1. The Morgan fingerprint density at radius 1 is 1.46 bits per heavy atom. The molecule has 2 heterocycles. The van der Waals surface area contributed by atoms with Crippen LogP contribution in [-0.2, 0) is 11.3 Å². The second-order valence-electron chi connectivity index (χ2n) is 7.08. The third-order valence-electron chi connectivity index (χ3n) is 4.07. The highest BCUT2D eigenvalue weighted by Gasteiger charge is 2.32. The summed E-state index contributed by atoms with van der Waals surface area (Å²) in [5.41, 5.74) is 1.12. The Hall–Kier alpha value is -1.60. The van der Waals surface area contributed by atoms with Gasteiger partial charge in [0.1, 0.15) is 5.60 Å². The molecule has 1 N–H and O–H groups in total. The molecule has 1 fully saturated rings. The van der Waals surface area contributed by atoms with Gasteiger partial charge in [-0.25, -0.2) is 4.79 Å². The van der Waals surface area contributed by atoms with E-state index in [2.05, 4.69) is 21.0 Å². The van der Waals surface area contributed by atoms with Gasteiger partial charge in [0.2, 0.25) is 0 Å². The summed E-state index contributed by atoms with van der Waals surface area (Å²) in [6, 6.07) is 5.87. The van der Waals surface area contributed by atoms with Crippen LogP contribution in [-0.4, -0.2) is 44.6 Å². The number of rotatable bonds is 2. The van der Waals surface area contributed by atoms with E-state index in [9.17, 15) is 9.90 Å². The molecule has 6 nitrogen and oxygen atoms in total. The number of hydrogen-bond donors (Lipinski definition) is 1. The first-order chi connectivity index (χ1) is 11.3. The molecule has 1 amide bonds. The summed E-state index contributed by atoms with van der Waals surface area (Å²) in [7, 11) is 0. The number of amides is 1. The lowest BCUT2D eigenvalue weighted by Gasteiger charge is -2.24. The molecule has 1 aromatic heterocycles. The van der Waals surface area contributed by atoms with E-state index in [0.717, 1.165) is 27.5 Å². The van der Waals surface area contributed by atoms with Crippen LogP contribution >= 0.6 is 15.9 Å². The first kappa shape index (κ1) is 17.2. The molecule has 1 aliphatic rings. The first-order valence-electron chi connectivity index (χ1n) is 8.04. The zero-order valence-corrected chi connectivity index (χ0v) is 15.7. The van der Waals surface area contributed by atoms with Gasteiger partial charge in [-0.1, -0.05) is 15.9 Å². The second-order valence-corrected chi connectivity index (χ2v) is 8.00. The van der Waals surface area contributed by atoms with Gasteiger partial charge in [-0.2, -0.15) is 5.10 Å². The monoisotopic (exact) mass is 395 g/mol. The predicted molar refractivity (Wildman–Crippen MR) is 94.8 cm³/mol. The average Bonchev–Trinajstić information content (AvgIpc) is 3.08. The van der Waals surface area contributed by atoms with E-state index in [0.29, 0.717) is 13.1 Å². The van der Waals surface area contributed by atoms with Crippen LogP contribution in [0.1, 0.15) is 38.9 Å². The number of benzene rings is 1. The number of nitrogens with zero attached hydrogens (tertiary/aromatic N) is 3. The lowest BCUT2D eigenvalue weighted by atomic mass is 10.2. The largest absolute Gasteiger partial charge is 0.444 e. The molecule has 0 aliphatic carbocycles. The van der Waals surface area contributed by atoms with Crippen LogP contribution in [0.4, 0.5) is 4.79 Å². The molecule has 1 unspecified atom stereocenters. The van der Waals surface area contributed by atoms with Gasteiger partial charge in [-0.3, -0.25) is 4.68 Å². The molecule has 1 aromatic carbocycles. The number of aliphatic hydroxyl groups excluding tert-OH is 1. The summed E-state index contributed by atoms with van der Waals surface area (Å²) >= 11 is 3.46. The standard InChI is InChI=1S/C17H22BrN3O3/c1-17(2,3)24-16(23)20-7-6-12(9-20)21-15(10-22)13-8-11(18)4-5-14(13)19-21/h4-5,8,12,22H,6-7,9-10H2,1-3H3.